The second-order valence-electron chi connectivity index (χ2n) is 10.0. The van der Waals surface area contributed by atoms with Crippen molar-refractivity contribution in [1.29, 1.82) is 0 Å². The Morgan fingerprint density at radius 2 is 1.84 bits per heavy atom. The van der Waals surface area contributed by atoms with Crippen LogP contribution in [0.3, 0.4) is 0 Å². The fourth-order valence-electron chi connectivity index (χ4n) is 4.75. The molecule has 0 spiro atoms. The number of thioether (sulfide) groups is 1. The van der Waals surface area contributed by atoms with Gasteiger partial charge >= 0.3 is 12.4 Å². The number of aliphatic imine (C=N–C) groups is 1. The lowest BCUT2D eigenvalue weighted by molar-refractivity contribution is -0.274. The normalized spacial score (nSPS) is 16.6. The van der Waals surface area contributed by atoms with Crippen molar-refractivity contribution in [3.63, 3.8) is 0 Å². The molecule has 0 saturated heterocycles. The maximum absolute atomic E-state index is 12.8. The summed E-state index contributed by atoms with van der Waals surface area (Å²) in [4.78, 5) is 21.5. The molecule has 1 aliphatic rings. The van der Waals surface area contributed by atoms with E-state index in [1.165, 1.54) is 52.6 Å². The number of halogens is 3. The van der Waals surface area contributed by atoms with E-state index in [9.17, 15) is 18.0 Å². The van der Waals surface area contributed by atoms with Gasteiger partial charge in [0.2, 0.25) is 0 Å². The summed E-state index contributed by atoms with van der Waals surface area (Å²) >= 11 is 1.49. The van der Waals surface area contributed by atoms with E-state index in [1.54, 1.807) is 0 Å². The molecule has 12 heteroatoms. The predicted molar refractivity (Wildman–Crippen MR) is 163 cm³/mol. The zero-order valence-electron chi connectivity index (χ0n) is 23.9. The lowest BCUT2D eigenvalue weighted by atomic mass is 10.1. The van der Waals surface area contributed by atoms with Gasteiger partial charge in [0.15, 0.2) is 11.0 Å². The molecule has 1 aliphatic carbocycles. The second kappa shape index (κ2) is 12.9. The van der Waals surface area contributed by atoms with Crippen LogP contribution < -0.4 is 15.4 Å². The molecule has 0 aliphatic heterocycles. The predicted octanol–water partition coefficient (Wildman–Crippen LogP) is 7.49. The van der Waals surface area contributed by atoms with Crippen molar-refractivity contribution in [2.75, 3.05) is 11.1 Å². The summed E-state index contributed by atoms with van der Waals surface area (Å²) in [5, 5.41) is 11.4. The Labute approximate surface area is 251 Å². The van der Waals surface area contributed by atoms with Gasteiger partial charge in [-0.05, 0) is 66.5 Å². The fraction of sp³-hybridized carbons (Fsp3) is 0.290. The summed E-state index contributed by atoms with van der Waals surface area (Å²) in [6.07, 6.45) is -1.55. The van der Waals surface area contributed by atoms with E-state index in [1.807, 2.05) is 50.2 Å². The number of aryl methyl sites for hydroxylation is 2. The van der Waals surface area contributed by atoms with E-state index >= 15 is 0 Å². The number of ether oxygens (including phenoxy) is 1. The SMILES string of the molecule is CCS/C(=N\C(=O)NC1CC1c1ccc(-c2ncn(-c3ccc(OC(F)(F)F)cc3)n2)cc1)Nc1c(C)cccc1CC. The van der Waals surface area contributed by atoms with Gasteiger partial charge in [-0.25, -0.2) is 14.5 Å². The van der Waals surface area contributed by atoms with Gasteiger partial charge in [0.1, 0.15) is 12.1 Å². The number of carbonyl (C=O) groups is 1. The van der Waals surface area contributed by atoms with Gasteiger partial charge in [0.25, 0.3) is 0 Å². The van der Waals surface area contributed by atoms with Crippen LogP contribution in [-0.2, 0) is 6.42 Å². The number of nitrogens with one attached hydrogen (secondary N) is 2. The molecule has 2 N–H and O–H groups in total. The Morgan fingerprint density at radius 3 is 2.51 bits per heavy atom. The zero-order chi connectivity index (χ0) is 30.6. The quantitative estimate of drug-likeness (QED) is 0.159. The maximum atomic E-state index is 12.8. The minimum Gasteiger partial charge on any atom is -0.406 e. The summed E-state index contributed by atoms with van der Waals surface area (Å²) in [5.41, 5.74) is 5.70. The third-order valence-electron chi connectivity index (χ3n) is 6.98. The number of anilines is 1. The summed E-state index contributed by atoms with van der Waals surface area (Å²) in [6, 6.07) is 19.0. The molecule has 8 nitrogen and oxygen atoms in total. The minimum atomic E-state index is -4.75. The molecule has 1 aromatic heterocycles. The van der Waals surface area contributed by atoms with Crippen LogP contribution >= 0.6 is 11.8 Å². The van der Waals surface area contributed by atoms with Crippen LogP contribution in [0.5, 0.6) is 5.75 Å². The molecule has 2 unspecified atom stereocenters. The zero-order valence-corrected chi connectivity index (χ0v) is 24.7. The molecule has 43 heavy (non-hydrogen) atoms. The minimum absolute atomic E-state index is 0.00118. The van der Waals surface area contributed by atoms with Crippen molar-refractivity contribution in [2.24, 2.45) is 4.99 Å². The van der Waals surface area contributed by atoms with Crippen LogP contribution in [0.15, 0.2) is 78.0 Å². The number of amides is 2. The summed E-state index contributed by atoms with van der Waals surface area (Å²) < 4.78 is 42.6. The lowest BCUT2D eigenvalue weighted by Gasteiger charge is -2.15. The average Bonchev–Trinajstić information content (AvgIpc) is 3.55. The van der Waals surface area contributed by atoms with Crippen LogP contribution in [0.4, 0.5) is 23.7 Å². The molecule has 0 radical (unpaired) electrons. The number of benzene rings is 3. The fourth-order valence-corrected chi connectivity index (χ4v) is 5.34. The van der Waals surface area contributed by atoms with Crippen LogP contribution in [0, 0.1) is 6.92 Å². The number of para-hydroxylation sites is 1. The molecule has 224 valence electrons. The standard InChI is InChI=1S/C31H31F3N6O2S/c1-4-20-8-6-7-19(3)27(20)37-30(43-5-2)38-29(41)36-26-17-25(26)21-9-11-22(12-10-21)28-35-18-40(39-28)23-13-15-24(16-14-23)42-31(32,33)34/h6-16,18,25-26H,4-5,17H2,1-3H3,(H2,36,37,38,41). The summed E-state index contributed by atoms with van der Waals surface area (Å²) in [7, 11) is 0. The van der Waals surface area contributed by atoms with Gasteiger partial charge < -0.3 is 15.4 Å². The van der Waals surface area contributed by atoms with Gasteiger partial charge in [-0.2, -0.15) is 4.99 Å². The van der Waals surface area contributed by atoms with Crippen molar-refractivity contribution in [2.45, 2.75) is 51.9 Å². The first-order chi connectivity index (χ1) is 20.6. The van der Waals surface area contributed by atoms with Crippen molar-refractivity contribution >= 4 is 28.6 Å². The number of urea groups is 1. The van der Waals surface area contributed by atoms with Gasteiger partial charge in [0, 0.05) is 23.2 Å². The van der Waals surface area contributed by atoms with E-state index in [2.05, 4.69) is 43.4 Å². The van der Waals surface area contributed by atoms with Crippen LogP contribution in [0.1, 0.15) is 42.9 Å². The number of alkyl halides is 3. The number of rotatable bonds is 8. The van der Waals surface area contributed by atoms with E-state index in [0.717, 1.165) is 41.0 Å². The lowest BCUT2D eigenvalue weighted by Crippen LogP contribution is -2.25. The monoisotopic (exact) mass is 608 g/mol. The Morgan fingerprint density at radius 1 is 1.09 bits per heavy atom. The molecule has 1 saturated carbocycles. The smallest absolute Gasteiger partial charge is 0.406 e. The Bertz CT molecular complexity index is 1600. The highest BCUT2D eigenvalue weighted by Gasteiger charge is 2.39. The first-order valence-corrected chi connectivity index (χ1v) is 14.9. The molecule has 3 aromatic carbocycles. The van der Waals surface area contributed by atoms with Crippen molar-refractivity contribution < 1.29 is 22.7 Å². The highest BCUT2D eigenvalue weighted by molar-refractivity contribution is 8.14. The molecule has 2 atom stereocenters. The van der Waals surface area contributed by atoms with Crippen LogP contribution in [-0.4, -0.2) is 44.1 Å². The number of amidine groups is 1. The molecule has 0 bridgehead atoms. The maximum Gasteiger partial charge on any atom is 0.573 e. The van der Waals surface area contributed by atoms with Crippen LogP contribution in [0.2, 0.25) is 0 Å². The number of hydrogen-bond donors (Lipinski definition) is 2. The number of nitrogens with zero attached hydrogens (tertiary/aromatic N) is 4. The van der Waals surface area contributed by atoms with E-state index in [4.69, 9.17) is 0 Å². The summed E-state index contributed by atoms with van der Waals surface area (Å²) in [6.45, 7) is 6.16. The Balaban J connectivity index is 1.19. The van der Waals surface area contributed by atoms with E-state index in [0.29, 0.717) is 16.7 Å². The molecular formula is C31H31F3N6O2S. The third kappa shape index (κ3) is 7.75. The Kier molecular flexibility index (Phi) is 9.05. The first kappa shape index (κ1) is 30.1. The topological polar surface area (TPSA) is 93.4 Å². The number of aromatic nitrogens is 3. The van der Waals surface area contributed by atoms with Gasteiger partial charge in [-0.3, -0.25) is 0 Å². The third-order valence-corrected chi connectivity index (χ3v) is 7.73. The van der Waals surface area contributed by atoms with Gasteiger partial charge in [-0.1, -0.05) is 68.1 Å². The van der Waals surface area contributed by atoms with E-state index in [-0.39, 0.29) is 23.7 Å². The Hall–Kier alpha value is -4.32. The molecule has 5 rings (SSSR count). The van der Waals surface area contributed by atoms with Crippen molar-refractivity contribution in [3.8, 4) is 22.8 Å². The van der Waals surface area contributed by atoms with Gasteiger partial charge in [-0.15, -0.1) is 18.3 Å². The summed E-state index contributed by atoms with van der Waals surface area (Å²) in [5.74, 6) is 1.14. The molecule has 4 aromatic rings. The average molecular weight is 609 g/mol. The number of hydrogen-bond acceptors (Lipinski definition) is 5. The second-order valence-corrected chi connectivity index (χ2v) is 11.3. The highest BCUT2D eigenvalue weighted by atomic mass is 32.2. The molecule has 1 fully saturated rings. The van der Waals surface area contributed by atoms with Gasteiger partial charge in [0.05, 0.1) is 5.69 Å². The molecule has 1 heterocycles. The highest BCUT2D eigenvalue weighted by Crippen LogP contribution is 2.41. The molecular weight excluding hydrogens is 577 g/mol. The number of carbonyl (C=O) groups excluding carboxylic acids is 1. The van der Waals surface area contributed by atoms with Crippen molar-refractivity contribution in [3.05, 3.63) is 89.7 Å². The first-order valence-electron chi connectivity index (χ1n) is 13.9. The van der Waals surface area contributed by atoms with Crippen LogP contribution in [0.25, 0.3) is 17.1 Å². The largest absolute Gasteiger partial charge is 0.573 e. The molecule has 2 amide bonds. The van der Waals surface area contributed by atoms with Crippen molar-refractivity contribution in [1.82, 2.24) is 20.1 Å². The van der Waals surface area contributed by atoms with E-state index < -0.39 is 6.36 Å².